The zero-order valence-electron chi connectivity index (χ0n) is 11.9. The number of ether oxygens (including phenoxy) is 1. The highest BCUT2D eigenvalue weighted by Gasteiger charge is 2.52. The van der Waals surface area contributed by atoms with Gasteiger partial charge in [0.05, 0.1) is 12.0 Å². The number of nitrogens with one attached hydrogen (secondary N) is 1. The van der Waals surface area contributed by atoms with Gasteiger partial charge in [-0.15, -0.1) is 0 Å². The molecule has 6 nitrogen and oxygen atoms in total. The second kappa shape index (κ2) is 6.35. The molecular formula is C14H22N2O4. The molecule has 112 valence electrons. The number of hydrogen-bond donors (Lipinski definition) is 1. The monoisotopic (exact) mass is 282 g/mol. The molecule has 1 N–H and O–H groups in total. The topological polar surface area (TPSA) is 75.7 Å². The van der Waals surface area contributed by atoms with E-state index < -0.39 is 5.41 Å². The van der Waals surface area contributed by atoms with Crippen molar-refractivity contribution < 1.29 is 19.1 Å². The van der Waals surface area contributed by atoms with Crippen molar-refractivity contribution in [3.05, 3.63) is 0 Å². The van der Waals surface area contributed by atoms with Crippen LogP contribution < -0.4 is 5.32 Å². The molecule has 1 saturated heterocycles. The van der Waals surface area contributed by atoms with Gasteiger partial charge in [0.1, 0.15) is 0 Å². The van der Waals surface area contributed by atoms with Gasteiger partial charge in [0.25, 0.3) is 0 Å². The van der Waals surface area contributed by atoms with E-state index in [2.05, 4.69) is 5.32 Å². The third-order valence-corrected chi connectivity index (χ3v) is 4.24. The number of hydrogen-bond acceptors (Lipinski definition) is 4. The minimum Gasteiger partial charge on any atom is -0.383 e. The zero-order chi connectivity index (χ0) is 14.6. The van der Waals surface area contributed by atoms with Crippen LogP contribution in [0.1, 0.15) is 38.5 Å². The number of rotatable bonds is 6. The molecule has 2 rings (SSSR count). The number of nitrogens with zero attached hydrogens (tertiary/aromatic N) is 1. The molecule has 3 amide bonds. The van der Waals surface area contributed by atoms with Crippen molar-refractivity contribution in [2.24, 2.45) is 5.41 Å². The smallest absolute Gasteiger partial charge is 0.235 e. The second-order valence-electron chi connectivity index (χ2n) is 5.61. The molecule has 2 fully saturated rings. The van der Waals surface area contributed by atoms with E-state index in [9.17, 15) is 14.4 Å². The van der Waals surface area contributed by atoms with Gasteiger partial charge < -0.3 is 10.1 Å². The fourth-order valence-electron chi connectivity index (χ4n) is 3.12. The molecule has 0 aromatic rings. The number of methoxy groups -OCH3 is 1. The third kappa shape index (κ3) is 3.00. The van der Waals surface area contributed by atoms with Crippen LogP contribution >= 0.6 is 0 Å². The van der Waals surface area contributed by atoms with E-state index in [1.54, 1.807) is 7.11 Å². The van der Waals surface area contributed by atoms with Gasteiger partial charge in [-0.2, -0.15) is 0 Å². The highest BCUT2D eigenvalue weighted by molar-refractivity contribution is 6.06. The molecule has 0 bridgehead atoms. The number of imide groups is 1. The fraction of sp³-hybridized carbons (Fsp3) is 0.786. The molecule has 20 heavy (non-hydrogen) atoms. The molecule has 2 aliphatic rings. The summed E-state index contributed by atoms with van der Waals surface area (Å²) in [5.74, 6) is -0.346. The molecule has 1 spiro atoms. The lowest BCUT2D eigenvalue weighted by atomic mass is 9.84. The molecule has 0 radical (unpaired) electrons. The molecule has 1 aliphatic carbocycles. The normalized spacial score (nSPS) is 20.9. The maximum atomic E-state index is 12.4. The summed E-state index contributed by atoms with van der Waals surface area (Å²) in [6.07, 6.45) is 4.16. The summed E-state index contributed by atoms with van der Waals surface area (Å²) < 4.78 is 4.83. The van der Waals surface area contributed by atoms with Gasteiger partial charge in [0.15, 0.2) is 0 Å². The van der Waals surface area contributed by atoms with E-state index in [-0.39, 0.29) is 30.7 Å². The molecule has 0 unspecified atom stereocenters. The van der Waals surface area contributed by atoms with Crippen LogP contribution in [0.2, 0.25) is 0 Å². The maximum absolute atomic E-state index is 12.4. The Morgan fingerprint density at radius 1 is 1.35 bits per heavy atom. The van der Waals surface area contributed by atoms with Gasteiger partial charge in [-0.25, -0.2) is 0 Å². The lowest BCUT2D eigenvalue weighted by molar-refractivity contribution is -0.141. The molecule has 6 heteroatoms. The summed E-state index contributed by atoms with van der Waals surface area (Å²) in [7, 11) is 1.56. The predicted octanol–water partition coefficient (Wildman–Crippen LogP) is 0.458. The second-order valence-corrected chi connectivity index (χ2v) is 5.61. The van der Waals surface area contributed by atoms with Gasteiger partial charge in [-0.1, -0.05) is 12.8 Å². The van der Waals surface area contributed by atoms with Crippen LogP contribution in [0.4, 0.5) is 0 Å². The summed E-state index contributed by atoms with van der Waals surface area (Å²) in [6.45, 7) is 1.09. The van der Waals surface area contributed by atoms with Crippen molar-refractivity contribution in [3.8, 4) is 0 Å². The first-order valence-corrected chi connectivity index (χ1v) is 7.19. The summed E-state index contributed by atoms with van der Waals surface area (Å²) in [4.78, 5) is 37.2. The van der Waals surface area contributed by atoms with Crippen molar-refractivity contribution in [1.82, 2.24) is 10.2 Å². The summed E-state index contributed by atoms with van der Waals surface area (Å²) >= 11 is 0. The van der Waals surface area contributed by atoms with Crippen molar-refractivity contribution >= 4 is 17.7 Å². The Bertz CT molecular complexity index is 402. The van der Waals surface area contributed by atoms with E-state index in [0.29, 0.717) is 19.6 Å². The Morgan fingerprint density at radius 3 is 2.70 bits per heavy atom. The summed E-state index contributed by atoms with van der Waals surface area (Å²) in [5.41, 5.74) is -0.441. The van der Waals surface area contributed by atoms with Crippen molar-refractivity contribution in [1.29, 1.82) is 0 Å². The zero-order valence-corrected chi connectivity index (χ0v) is 11.9. The van der Waals surface area contributed by atoms with E-state index in [0.717, 1.165) is 25.7 Å². The van der Waals surface area contributed by atoms with Gasteiger partial charge in [-0.3, -0.25) is 19.3 Å². The van der Waals surface area contributed by atoms with Crippen LogP contribution in [0.3, 0.4) is 0 Å². The van der Waals surface area contributed by atoms with E-state index in [1.807, 2.05) is 0 Å². The summed E-state index contributed by atoms with van der Waals surface area (Å²) in [6, 6.07) is 0. The molecule has 1 saturated carbocycles. The van der Waals surface area contributed by atoms with E-state index in [4.69, 9.17) is 4.74 Å². The Kier molecular flexibility index (Phi) is 4.75. The van der Waals surface area contributed by atoms with E-state index in [1.165, 1.54) is 4.90 Å². The standard InChI is InChI=1S/C14H22N2O4/c1-20-9-7-15-11(17)4-8-16-12(18)10-14(13(16)19)5-2-3-6-14/h2-10H2,1H3,(H,15,17). The predicted molar refractivity (Wildman–Crippen MR) is 71.7 cm³/mol. The summed E-state index contributed by atoms with van der Waals surface area (Å²) in [5, 5.41) is 2.69. The Hall–Kier alpha value is -1.43. The Morgan fingerprint density at radius 2 is 2.05 bits per heavy atom. The molecular weight excluding hydrogens is 260 g/mol. The molecule has 0 atom stereocenters. The van der Waals surface area contributed by atoms with Crippen molar-refractivity contribution in [3.63, 3.8) is 0 Å². The van der Waals surface area contributed by atoms with Crippen LogP contribution in [0, 0.1) is 5.41 Å². The average Bonchev–Trinajstić information content (AvgIpc) is 2.96. The van der Waals surface area contributed by atoms with E-state index >= 15 is 0 Å². The van der Waals surface area contributed by atoms with Crippen LogP contribution in [-0.4, -0.2) is 49.4 Å². The van der Waals surface area contributed by atoms with Crippen LogP contribution in [0.5, 0.6) is 0 Å². The molecule has 0 aromatic carbocycles. The van der Waals surface area contributed by atoms with Gasteiger partial charge in [0.2, 0.25) is 17.7 Å². The minimum absolute atomic E-state index is 0.0651. The number of amides is 3. The average molecular weight is 282 g/mol. The van der Waals surface area contributed by atoms with Gasteiger partial charge in [0, 0.05) is 33.0 Å². The highest BCUT2D eigenvalue weighted by atomic mass is 16.5. The Labute approximate surface area is 118 Å². The molecule has 0 aromatic heterocycles. The lowest BCUT2D eigenvalue weighted by Crippen LogP contribution is -2.37. The number of carbonyl (C=O) groups is 3. The third-order valence-electron chi connectivity index (χ3n) is 4.24. The van der Waals surface area contributed by atoms with Crippen LogP contribution in [-0.2, 0) is 19.1 Å². The van der Waals surface area contributed by atoms with Crippen molar-refractivity contribution in [2.45, 2.75) is 38.5 Å². The SMILES string of the molecule is COCCNC(=O)CCN1C(=O)CC2(CCCC2)C1=O. The molecule has 1 aliphatic heterocycles. The van der Waals surface area contributed by atoms with Crippen molar-refractivity contribution in [2.75, 3.05) is 26.8 Å². The first kappa shape index (κ1) is 15.0. The van der Waals surface area contributed by atoms with Crippen LogP contribution in [0.25, 0.3) is 0 Å². The van der Waals surface area contributed by atoms with Crippen LogP contribution in [0.15, 0.2) is 0 Å². The largest absolute Gasteiger partial charge is 0.383 e. The quantitative estimate of drug-likeness (QED) is 0.567. The highest BCUT2D eigenvalue weighted by Crippen LogP contribution is 2.46. The Balaban J connectivity index is 1.82. The fourth-order valence-corrected chi connectivity index (χ4v) is 3.12. The minimum atomic E-state index is -0.441. The van der Waals surface area contributed by atoms with Gasteiger partial charge >= 0.3 is 0 Å². The molecule has 1 heterocycles. The first-order chi connectivity index (χ1) is 9.59. The lowest BCUT2D eigenvalue weighted by Gasteiger charge is -2.20. The number of carbonyl (C=O) groups excluding carboxylic acids is 3. The first-order valence-electron chi connectivity index (χ1n) is 7.19. The van der Waals surface area contributed by atoms with Gasteiger partial charge in [-0.05, 0) is 12.8 Å². The maximum Gasteiger partial charge on any atom is 0.235 e. The number of likely N-dealkylation sites (tertiary alicyclic amines) is 1.